The van der Waals surface area contributed by atoms with Gasteiger partial charge in [0.25, 0.3) is 0 Å². The quantitative estimate of drug-likeness (QED) is 0.554. The Balaban J connectivity index is 1.80. The van der Waals surface area contributed by atoms with Crippen LogP contribution in [0.1, 0.15) is 37.8 Å². The molecule has 1 aliphatic carbocycles. The molecule has 1 atom stereocenters. The van der Waals surface area contributed by atoms with E-state index in [-0.39, 0.29) is 17.3 Å². The lowest BCUT2D eigenvalue weighted by molar-refractivity contribution is -0.147. The van der Waals surface area contributed by atoms with Gasteiger partial charge in [-0.2, -0.15) is 23.2 Å². The molecule has 0 unspecified atom stereocenters. The molecule has 0 spiro atoms. The molecule has 2 aromatic heterocycles. The molecule has 2 heterocycles. The summed E-state index contributed by atoms with van der Waals surface area (Å²) in [6.45, 7) is 0.703. The molecule has 1 fully saturated rings. The summed E-state index contributed by atoms with van der Waals surface area (Å²) < 4.78 is 80.3. The zero-order valence-electron chi connectivity index (χ0n) is 16.8. The Hall–Kier alpha value is -2.97. The molecular formula is C21H18F4N4O2S. The summed E-state index contributed by atoms with van der Waals surface area (Å²) in [5, 5.41) is 10.3. The van der Waals surface area contributed by atoms with E-state index in [1.54, 1.807) is 4.72 Å². The first-order valence-electron chi connectivity index (χ1n) is 9.82. The minimum absolute atomic E-state index is 0.0379. The van der Waals surface area contributed by atoms with E-state index in [0.717, 1.165) is 31.5 Å². The second-order valence-corrected chi connectivity index (χ2v) is 9.43. The summed E-state index contributed by atoms with van der Waals surface area (Å²) in [5.74, 6) is -0.453. The predicted molar refractivity (Wildman–Crippen MR) is 109 cm³/mol. The second-order valence-electron chi connectivity index (χ2n) is 7.72. The van der Waals surface area contributed by atoms with Gasteiger partial charge >= 0.3 is 6.18 Å². The Morgan fingerprint density at radius 1 is 1.25 bits per heavy atom. The minimum Gasteiger partial charge on any atom is -0.335 e. The number of nitriles is 1. The molecule has 1 saturated carbocycles. The largest absolute Gasteiger partial charge is 0.404 e. The summed E-state index contributed by atoms with van der Waals surface area (Å²) >= 11 is 0. The van der Waals surface area contributed by atoms with Crippen LogP contribution in [-0.2, 0) is 10.0 Å². The number of hydrogen-bond donors (Lipinski definition) is 1. The van der Waals surface area contributed by atoms with Crippen LogP contribution in [0.4, 0.5) is 17.6 Å². The molecule has 0 radical (unpaired) electrons. The van der Waals surface area contributed by atoms with Gasteiger partial charge in [0.05, 0.1) is 22.5 Å². The highest BCUT2D eigenvalue weighted by molar-refractivity contribution is 7.89. The van der Waals surface area contributed by atoms with Crippen LogP contribution in [-0.4, -0.2) is 30.2 Å². The summed E-state index contributed by atoms with van der Waals surface area (Å²) in [4.78, 5) is 3.71. The van der Waals surface area contributed by atoms with Gasteiger partial charge in [0.15, 0.2) is 0 Å². The van der Waals surface area contributed by atoms with Gasteiger partial charge in [-0.3, -0.25) is 4.98 Å². The molecule has 0 aliphatic heterocycles. The minimum atomic E-state index is -4.73. The SMILES string of the molecule is C[C@@H](NS(=O)(=O)c1ccc(-c2c(C#N)c3ccc(F)cc3n2C2CCC2)nc1)C(F)(F)F. The lowest BCUT2D eigenvalue weighted by Gasteiger charge is -2.30. The first-order valence-corrected chi connectivity index (χ1v) is 11.3. The van der Waals surface area contributed by atoms with Crippen LogP contribution < -0.4 is 4.72 Å². The van der Waals surface area contributed by atoms with E-state index in [1.165, 1.54) is 24.3 Å². The number of rotatable bonds is 5. The number of hydrogen-bond acceptors (Lipinski definition) is 4. The highest BCUT2D eigenvalue weighted by Crippen LogP contribution is 2.42. The maximum atomic E-state index is 14.0. The van der Waals surface area contributed by atoms with Crippen molar-refractivity contribution in [2.45, 2.75) is 49.3 Å². The van der Waals surface area contributed by atoms with E-state index in [9.17, 15) is 31.2 Å². The third kappa shape index (κ3) is 3.84. The topological polar surface area (TPSA) is 87.8 Å². The van der Waals surface area contributed by atoms with Crippen LogP contribution in [0.15, 0.2) is 41.4 Å². The number of halogens is 4. The van der Waals surface area contributed by atoms with Crippen LogP contribution in [0.25, 0.3) is 22.3 Å². The van der Waals surface area contributed by atoms with Crippen molar-refractivity contribution in [1.29, 1.82) is 5.26 Å². The van der Waals surface area contributed by atoms with Crippen LogP contribution >= 0.6 is 0 Å². The van der Waals surface area contributed by atoms with Crippen molar-refractivity contribution in [3.63, 3.8) is 0 Å². The van der Waals surface area contributed by atoms with Gasteiger partial charge < -0.3 is 4.57 Å². The highest BCUT2D eigenvalue weighted by atomic mass is 32.2. The van der Waals surface area contributed by atoms with Gasteiger partial charge in [-0.15, -0.1) is 0 Å². The van der Waals surface area contributed by atoms with Crippen molar-refractivity contribution < 1.29 is 26.0 Å². The fraction of sp³-hybridized carbons (Fsp3) is 0.333. The van der Waals surface area contributed by atoms with Crippen LogP contribution in [0, 0.1) is 17.1 Å². The van der Waals surface area contributed by atoms with E-state index in [4.69, 9.17) is 0 Å². The number of nitrogens with one attached hydrogen (secondary N) is 1. The van der Waals surface area contributed by atoms with Crippen molar-refractivity contribution in [2.75, 3.05) is 0 Å². The monoisotopic (exact) mass is 466 g/mol. The molecule has 4 rings (SSSR count). The van der Waals surface area contributed by atoms with Gasteiger partial charge in [0.2, 0.25) is 10.0 Å². The molecule has 0 bridgehead atoms. The summed E-state index contributed by atoms with van der Waals surface area (Å²) in [6.07, 6.45) is -1.13. The molecule has 11 heteroatoms. The number of fused-ring (bicyclic) bond motifs is 1. The first-order chi connectivity index (χ1) is 15.0. The van der Waals surface area contributed by atoms with E-state index in [0.29, 0.717) is 23.5 Å². The average Bonchev–Trinajstić information content (AvgIpc) is 2.99. The summed E-state index contributed by atoms with van der Waals surface area (Å²) in [5.41, 5.74) is 1.52. The van der Waals surface area contributed by atoms with Gasteiger partial charge in [0, 0.05) is 17.6 Å². The van der Waals surface area contributed by atoms with Crippen LogP contribution in [0.3, 0.4) is 0 Å². The van der Waals surface area contributed by atoms with E-state index in [2.05, 4.69) is 11.1 Å². The van der Waals surface area contributed by atoms with Crippen molar-refractivity contribution in [3.05, 3.63) is 47.9 Å². The zero-order valence-corrected chi connectivity index (χ0v) is 17.6. The number of sulfonamides is 1. The van der Waals surface area contributed by atoms with Gasteiger partial charge in [-0.1, -0.05) is 0 Å². The van der Waals surface area contributed by atoms with Crippen LogP contribution in [0.2, 0.25) is 0 Å². The van der Waals surface area contributed by atoms with Crippen molar-refractivity contribution >= 4 is 20.9 Å². The van der Waals surface area contributed by atoms with Crippen molar-refractivity contribution in [2.24, 2.45) is 0 Å². The molecule has 6 nitrogen and oxygen atoms in total. The van der Waals surface area contributed by atoms with E-state index >= 15 is 0 Å². The first kappa shape index (κ1) is 22.2. The maximum absolute atomic E-state index is 14.0. The fourth-order valence-corrected chi connectivity index (χ4v) is 4.89. The average molecular weight is 466 g/mol. The Labute approximate surface area is 181 Å². The molecule has 1 aliphatic rings. The molecule has 1 N–H and O–H groups in total. The number of alkyl halides is 3. The Bertz CT molecular complexity index is 1320. The molecule has 1 aromatic carbocycles. The van der Waals surface area contributed by atoms with Crippen molar-refractivity contribution in [1.82, 2.24) is 14.3 Å². The third-order valence-electron chi connectivity index (χ3n) is 5.63. The molecule has 0 saturated heterocycles. The van der Waals surface area contributed by atoms with Gasteiger partial charge in [-0.25, -0.2) is 12.8 Å². The lowest BCUT2D eigenvalue weighted by atomic mass is 9.92. The fourth-order valence-electron chi connectivity index (χ4n) is 3.72. The predicted octanol–water partition coefficient (Wildman–Crippen LogP) is 4.67. The summed E-state index contributed by atoms with van der Waals surface area (Å²) in [7, 11) is -4.46. The molecule has 32 heavy (non-hydrogen) atoms. The van der Waals surface area contributed by atoms with E-state index < -0.39 is 33.0 Å². The summed E-state index contributed by atoms with van der Waals surface area (Å²) in [6, 6.07) is 6.50. The normalized spacial score (nSPS) is 16.0. The second kappa shape index (κ2) is 7.86. The zero-order chi connectivity index (χ0) is 23.3. The standard InChI is InChI=1S/C21H18F4N4O2S/c1-12(21(23,24)25)28-32(30,31)15-6-8-18(27-11-15)20-17(10-26)16-7-5-13(22)9-19(16)29(20)14-3-2-4-14/h5-9,11-12,14,28H,2-4H2,1H3/t12-/m1/s1. The Kier molecular flexibility index (Phi) is 5.46. The smallest absolute Gasteiger partial charge is 0.335 e. The maximum Gasteiger partial charge on any atom is 0.404 e. The lowest BCUT2D eigenvalue weighted by Crippen LogP contribution is -2.42. The van der Waals surface area contributed by atoms with Gasteiger partial charge in [-0.05, 0) is 56.5 Å². The van der Waals surface area contributed by atoms with Gasteiger partial charge in [0.1, 0.15) is 22.8 Å². The number of pyridine rings is 1. The Morgan fingerprint density at radius 2 is 1.97 bits per heavy atom. The third-order valence-corrected chi connectivity index (χ3v) is 7.16. The number of aromatic nitrogens is 2. The molecule has 168 valence electrons. The van der Waals surface area contributed by atoms with Crippen LogP contribution in [0.5, 0.6) is 0 Å². The molecule has 0 amide bonds. The Morgan fingerprint density at radius 3 is 2.50 bits per heavy atom. The number of nitrogens with zero attached hydrogens (tertiary/aromatic N) is 3. The molecule has 3 aromatic rings. The van der Waals surface area contributed by atoms with Crippen molar-refractivity contribution in [3.8, 4) is 17.5 Å². The molecular weight excluding hydrogens is 448 g/mol. The number of benzene rings is 1. The van der Waals surface area contributed by atoms with E-state index in [1.807, 2.05) is 4.57 Å². The highest BCUT2D eigenvalue weighted by Gasteiger charge is 2.39.